The molecule has 0 radical (unpaired) electrons. The predicted molar refractivity (Wildman–Crippen MR) is 78.9 cm³/mol. The van der Waals surface area contributed by atoms with E-state index in [1.807, 2.05) is 0 Å². The lowest BCUT2D eigenvalue weighted by Crippen LogP contribution is -2.46. The van der Waals surface area contributed by atoms with Crippen LogP contribution < -0.4 is 10.1 Å². The van der Waals surface area contributed by atoms with Gasteiger partial charge in [-0.25, -0.2) is 0 Å². The zero-order valence-corrected chi connectivity index (χ0v) is 11.8. The zero-order chi connectivity index (χ0) is 14.6. The van der Waals surface area contributed by atoms with Gasteiger partial charge < -0.3 is 20.3 Å². The first-order chi connectivity index (χ1) is 10.1. The van der Waals surface area contributed by atoms with Crippen LogP contribution in [0.15, 0.2) is 30.3 Å². The lowest BCUT2D eigenvalue weighted by Gasteiger charge is -2.39. The molecule has 2 aliphatic heterocycles. The molecule has 2 heterocycles. The molecule has 0 spiro atoms. The Morgan fingerprint density at radius 1 is 1.10 bits per heavy atom. The van der Waals surface area contributed by atoms with Gasteiger partial charge in [0.2, 0.25) is 0 Å². The van der Waals surface area contributed by atoms with E-state index >= 15 is 0 Å². The molecule has 2 aromatic carbocycles. The molecule has 4 rings (SSSR count). The first kappa shape index (κ1) is 12.5. The summed E-state index contributed by atoms with van der Waals surface area (Å²) in [6.45, 7) is 3.49. The Morgan fingerprint density at radius 2 is 1.90 bits per heavy atom. The van der Waals surface area contributed by atoms with Crippen LogP contribution in [0.1, 0.15) is 28.2 Å². The van der Waals surface area contributed by atoms with Gasteiger partial charge in [0.1, 0.15) is 12.4 Å². The molecule has 0 unspecified atom stereocenters. The molecule has 0 aromatic heterocycles. The van der Waals surface area contributed by atoms with Gasteiger partial charge >= 0.3 is 0 Å². The summed E-state index contributed by atoms with van der Waals surface area (Å²) < 4.78 is 5.74. The fraction of sp³-hybridized carbons (Fsp3) is 0.294. The SMILES string of the molecule is Cc1ccc2c(c1)[C@H]1c3cc(O)c(O)cc3OC[C@@H]1NC2. The minimum absolute atomic E-state index is 0.0993. The molecule has 2 aromatic rings. The van der Waals surface area contributed by atoms with Crippen molar-refractivity contribution in [1.29, 1.82) is 0 Å². The Hall–Kier alpha value is -2.20. The second-order valence-electron chi connectivity index (χ2n) is 5.86. The second kappa shape index (κ2) is 4.40. The van der Waals surface area contributed by atoms with E-state index in [9.17, 15) is 10.2 Å². The van der Waals surface area contributed by atoms with Crippen LogP contribution in [0.4, 0.5) is 0 Å². The number of hydrogen-bond acceptors (Lipinski definition) is 4. The summed E-state index contributed by atoms with van der Waals surface area (Å²) in [4.78, 5) is 0. The molecule has 0 saturated carbocycles. The molecule has 2 atom stereocenters. The van der Waals surface area contributed by atoms with Crippen molar-refractivity contribution >= 4 is 0 Å². The molecular formula is C17H17NO3. The second-order valence-corrected chi connectivity index (χ2v) is 5.86. The Labute approximate surface area is 123 Å². The van der Waals surface area contributed by atoms with E-state index in [0.717, 1.165) is 12.1 Å². The van der Waals surface area contributed by atoms with Gasteiger partial charge in [0, 0.05) is 24.1 Å². The highest BCUT2D eigenvalue weighted by Gasteiger charge is 2.36. The third-order valence-electron chi connectivity index (χ3n) is 4.45. The summed E-state index contributed by atoms with van der Waals surface area (Å²) in [5.41, 5.74) is 4.72. The van der Waals surface area contributed by atoms with Crippen LogP contribution >= 0.6 is 0 Å². The maximum Gasteiger partial charge on any atom is 0.161 e. The monoisotopic (exact) mass is 283 g/mol. The van der Waals surface area contributed by atoms with E-state index < -0.39 is 0 Å². The quantitative estimate of drug-likeness (QED) is 0.650. The molecule has 0 aliphatic carbocycles. The van der Waals surface area contributed by atoms with Crippen LogP contribution in [0, 0.1) is 6.92 Å². The van der Waals surface area contributed by atoms with E-state index in [4.69, 9.17) is 4.74 Å². The van der Waals surface area contributed by atoms with Crippen LogP contribution in [0.2, 0.25) is 0 Å². The Morgan fingerprint density at radius 3 is 2.76 bits per heavy atom. The van der Waals surface area contributed by atoms with E-state index in [0.29, 0.717) is 12.4 Å². The zero-order valence-electron chi connectivity index (χ0n) is 11.8. The van der Waals surface area contributed by atoms with E-state index in [2.05, 4.69) is 30.4 Å². The van der Waals surface area contributed by atoms with Crippen LogP contribution in [-0.4, -0.2) is 22.9 Å². The van der Waals surface area contributed by atoms with Crippen molar-refractivity contribution in [3.05, 3.63) is 52.6 Å². The maximum absolute atomic E-state index is 9.84. The van der Waals surface area contributed by atoms with Crippen molar-refractivity contribution in [3.8, 4) is 17.2 Å². The van der Waals surface area contributed by atoms with Gasteiger partial charge in [-0.05, 0) is 24.1 Å². The van der Waals surface area contributed by atoms with Gasteiger partial charge in [-0.3, -0.25) is 0 Å². The molecule has 0 fully saturated rings. The Balaban J connectivity index is 1.92. The third-order valence-corrected chi connectivity index (χ3v) is 4.45. The number of benzene rings is 2. The molecule has 3 N–H and O–H groups in total. The van der Waals surface area contributed by atoms with Gasteiger partial charge in [0.25, 0.3) is 0 Å². The van der Waals surface area contributed by atoms with Crippen LogP contribution in [0.3, 0.4) is 0 Å². The van der Waals surface area contributed by atoms with Gasteiger partial charge in [-0.1, -0.05) is 23.8 Å². The number of fused-ring (bicyclic) bond motifs is 5. The van der Waals surface area contributed by atoms with Crippen LogP contribution in [-0.2, 0) is 6.54 Å². The summed E-state index contributed by atoms with van der Waals surface area (Å²) in [5, 5.41) is 23.0. The summed E-state index contributed by atoms with van der Waals surface area (Å²) in [5.74, 6) is 0.560. The number of rotatable bonds is 0. The number of phenolic OH excluding ortho intramolecular Hbond substituents is 2. The fourth-order valence-corrected chi connectivity index (χ4v) is 3.40. The molecule has 108 valence electrons. The topological polar surface area (TPSA) is 61.7 Å². The smallest absolute Gasteiger partial charge is 0.161 e. The minimum Gasteiger partial charge on any atom is -0.504 e. The minimum atomic E-state index is -0.138. The summed E-state index contributed by atoms with van der Waals surface area (Å²) in [7, 11) is 0. The maximum atomic E-state index is 9.84. The van der Waals surface area contributed by atoms with Gasteiger partial charge in [-0.2, -0.15) is 0 Å². The highest BCUT2D eigenvalue weighted by Crippen LogP contribution is 2.45. The molecular weight excluding hydrogens is 266 g/mol. The van der Waals surface area contributed by atoms with Crippen molar-refractivity contribution < 1.29 is 14.9 Å². The van der Waals surface area contributed by atoms with Crippen LogP contribution in [0.5, 0.6) is 17.2 Å². The number of aromatic hydroxyl groups is 2. The van der Waals surface area contributed by atoms with Gasteiger partial charge in [0.05, 0.1) is 6.04 Å². The normalized spacial score (nSPS) is 22.7. The highest BCUT2D eigenvalue weighted by molar-refractivity contribution is 5.56. The lowest BCUT2D eigenvalue weighted by molar-refractivity contribution is 0.214. The van der Waals surface area contributed by atoms with Crippen molar-refractivity contribution in [3.63, 3.8) is 0 Å². The lowest BCUT2D eigenvalue weighted by atomic mass is 9.78. The predicted octanol–water partition coefficient (Wildman–Crippen LogP) is 2.40. The average molecular weight is 283 g/mol. The van der Waals surface area contributed by atoms with E-state index in [-0.39, 0.29) is 23.5 Å². The van der Waals surface area contributed by atoms with Gasteiger partial charge in [-0.15, -0.1) is 0 Å². The first-order valence-corrected chi connectivity index (χ1v) is 7.15. The summed E-state index contributed by atoms with van der Waals surface area (Å²) in [6, 6.07) is 9.81. The van der Waals surface area contributed by atoms with Crippen LogP contribution in [0.25, 0.3) is 0 Å². The summed E-state index contributed by atoms with van der Waals surface area (Å²) in [6.07, 6.45) is 0. The van der Waals surface area contributed by atoms with Crippen molar-refractivity contribution in [2.45, 2.75) is 25.4 Å². The van der Waals surface area contributed by atoms with Crippen molar-refractivity contribution in [1.82, 2.24) is 5.32 Å². The molecule has 4 nitrogen and oxygen atoms in total. The fourth-order valence-electron chi connectivity index (χ4n) is 3.40. The molecule has 0 bridgehead atoms. The molecule has 0 amide bonds. The van der Waals surface area contributed by atoms with Gasteiger partial charge in [0.15, 0.2) is 11.5 Å². The Kier molecular flexibility index (Phi) is 2.62. The molecule has 0 saturated heterocycles. The average Bonchev–Trinajstić information content (AvgIpc) is 2.48. The van der Waals surface area contributed by atoms with E-state index in [1.54, 1.807) is 6.07 Å². The van der Waals surface area contributed by atoms with E-state index in [1.165, 1.54) is 22.8 Å². The number of hydrogen-bond donors (Lipinski definition) is 3. The largest absolute Gasteiger partial charge is 0.504 e. The first-order valence-electron chi connectivity index (χ1n) is 7.15. The number of ether oxygens (including phenoxy) is 1. The highest BCUT2D eigenvalue weighted by atomic mass is 16.5. The summed E-state index contributed by atoms with van der Waals surface area (Å²) >= 11 is 0. The molecule has 4 heteroatoms. The van der Waals surface area contributed by atoms with Crippen molar-refractivity contribution in [2.75, 3.05) is 6.61 Å². The van der Waals surface area contributed by atoms with Crippen molar-refractivity contribution in [2.24, 2.45) is 0 Å². The Bertz CT molecular complexity index is 726. The third kappa shape index (κ3) is 1.87. The number of aryl methyl sites for hydroxylation is 1. The standard InChI is InChI=1S/C17H17NO3/c1-9-2-3-10-7-18-13-8-21-16-6-15(20)14(19)5-12(16)17(13)11(10)4-9/h2-6,13,17-20H,7-8H2,1H3/t13-,17-/m0/s1. The number of phenols is 2. The molecule has 2 aliphatic rings. The number of nitrogens with one attached hydrogen (secondary N) is 1. The molecule has 21 heavy (non-hydrogen) atoms.